The van der Waals surface area contributed by atoms with Gasteiger partial charge in [0.15, 0.2) is 6.10 Å². The summed E-state index contributed by atoms with van der Waals surface area (Å²) in [5, 5.41) is 9.88. The summed E-state index contributed by atoms with van der Waals surface area (Å²) in [6, 6.07) is 11.6. The molecule has 1 saturated carbocycles. The minimum atomic E-state index is -1.06. The highest BCUT2D eigenvalue weighted by Gasteiger charge is 2.49. The van der Waals surface area contributed by atoms with Crippen LogP contribution in [0.3, 0.4) is 0 Å². The fraction of sp³-hybridized carbons (Fsp3) is 0.600. The molecule has 0 saturated heterocycles. The van der Waals surface area contributed by atoms with Crippen LogP contribution in [0.1, 0.15) is 51.7 Å². The van der Waals surface area contributed by atoms with Crippen molar-refractivity contribution < 1.29 is 14.3 Å². The summed E-state index contributed by atoms with van der Waals surface area (Å²) in [6.45, 7) is 6.29. The zero-order valence-corrected chi connectivity index (χ0v) is 15.0. The average Bonchev–Trinajstić information content (AvgIpc) is 2.56. The Balaban J connectivity index is 2.27. The van der Waals surface area contributed by atoms with E-state index in [2.05, 4.69) is 26.8 Å². The Morgan fingerprint density at radius 1 is 1.29 bits per heavy atom. The Morgan fingerprint density at radius 2 is 1.96 bits per heavy atom. The molecule has 1 aliphatic carbocycles. The first kappa shape index (κ1) is 18.5. The molecule has 0 N–H and O–H groups in total. The first-order valence-corrected chi connectivity index (χ1v) is 8.65. The number of rotatable bonds is 5. The number of ether oxygens (including phenoxy) is 2. The average molecular weight is 329 g/mol. The second kappa shape index (κ2) is 7.81. The van der Waals surface area contributed by atoms with Crippen LogP contribution in [-0.4, -0.2) is 18.7 Å². The van der Waals surface area contributed by atoms with Crippen molar-refractivity contribution in [3.63, 3.8) is 0 Å². The van der Waals surface area contributed by atoms with Crippen LogP contribution >= 0.6 is 0 Å². The van der Waals surface area contributed by atoms with Crippen LogP contribution in [0.4, 0.5) is 0 Å². The van der Waals surface area contributed by atoms with Gasteiger partial charge in [0, 0.05) is 19.4 Å². The molecule has 0 aliphatic heterocycles. The van der Waals surface area contributed by atoms with E-state index in [4.69, 9.17) is 9.47 Å². The smallest absolute Gasteiger partial charge is 0.341 e. The molecule has 4 nitrogen and oxygen atoms in total. The van der Waals surface area contributed by atoms with E-state index < -0.39 is 17.7 Å². The van der Waals surface area contributed by atoms with E-state index in [1.165, 1.54) is 7.11 Å². The lowest BCUT2D eigenvalue weighted by Gasteiger charge is -2.43. The SMILES string of the molecule is CO[C@H](C(=O)O[C@]1(C#N)C[C@H](C)CC[C@H]1C(C)C)c1ccccc1. The minimum absolute atomic E-state index is 0.0518. The summed E-state index contributed by atoms with van der Waals surface area (Å²) >= 11 is 0. The monoisotopic (exact) mass is 329 g/mol. The molecular weight excluding hydrogens is 302 g/mol. The van der Waals surface area contributed by atoms with E-state index in [-0.39, 0.29) is 11.8 Å². The fourth-order valence-electron chi connectivity index (χ4n) is 3.84. The van der Waals surface area contributed by atoms with Gasteiger partial charge in [0.05, 0.1) is 0 Å². The highest BCUT2D eigenvalue weighted by Crippen LogP contribution is 2.44. The third kappa shape index (κ3) is 3.79. The van der Waals surface area contributed by atoms with Gasteiger partial charge in [-0.2, -0.15) is 5.26 Å². The molecule has 1 fully saturated rings. The highest BCUT2D eigenvalue weighted by molar-refractivity contribution is 5.77. The van der Waals surface area contributed by atoms with Gasteiger partial charge in [-0.15, -0.1) is 0 Å². The summed E-state index contributed by atoms with van der Waals surface area (Å²) in [7, 11) is 1.49. The van der Waals surface area contributed by atoms with Crippen molar-refractivity contribution >= 4 is 5.97 Å². The number of nitriles is 1. The van der Waals surface area contributed by atoms with Gasteiger partial charge >= 0.3 is 5.97 Å². The van der Waals surface area contributed by atoms with Gasteiger partial charge in [-0.1, -0.05) is 57.5 Å². The van der Waals surface area contributed by atoms with E-state index in [1.54, 1.807) is 0 Å². The summed E-state index contributed by atoms with van der Waals surface area (Å²) < 4.78 is 11.2. The molecule has 4 heteroatoms. The first-order valence-electron chi connectivity index (χ1n) is 8.65. The predicted octanol–water partition coefficient (Wildman–Crippen LogP) is 4.27. The number of esters is 1. The molecule has 24 heavy (non-hydrogen) atoms. The molecule has 0 aromatic heterocycles. The van der Waals surface area contributed by atoms with Crippen molar-refractivity contribution in [1.82, 2.24) is 0 Å². The zero-order chi connectivity index (χ0) is 17.7. The number of benzene rings is 1. The van der Waals surface area contributed by atoms with Crippen molar-refractivity contribution in [3.05, 3.63) is 35.9 Å². The van der Waals surface area contributed by atoms with E-state index >= 15 is 0 Å². The van der Waals surface area contributed by atoms with Gasteiger partial charge in [-0.25, -0.2) is 4.79 Å². The quantitative estimate of drug-likeness (QED) is 0.757. The van der Waals surface area contributed by atoms with Crippen molar-refractivity contribution in [1.29, 1.82) is 5.26 Å². The fourth-order valence-corrected chi connectivity index (χ4v) is 3.84. The molecular formula is C20H27NO3. The highest BCUT2D eigenvalue weighted by atomic mass is 16.6. The largest absolute Gasteiger partial charge is 0.441 e. The Kier molecular flexibility index (Phi) is 6.01. The third-order valence-corrected chi connectivity index (χ3v) is 5.05. The predicted molar refractivity (Wildman–Crippen MR) is 92.0 cm³/mol. The number of carbonyl (C=O) groups excluding carboxylic acids is 1. The molecule has 0 amide bonds. The molecule has 2 rings (SSSR count). The van der Waals surface area contributed by atoms with E-state index in [9.17, 15) is 10.1 Å². The molecule has 0 radical (unpaired) electrons. The Hall–Kier alpha value is -1.86. The summed E-state index contributed by atoms with van der Waals surface area (Å²) in [4.78, 5) is 12.8. The first-order chi connectivity index (χ1) is 11.4. The number of carbonyl (C=O) groups is 1. The zero-order valence-electron chi connectivity index (χ0n) is 15.0. The van der Waals surface area contributed by atoms with E-state index in [0.29, 0.717) is 12.3 Å². The van der Waals surface area contributed by atoms with Crippen LogP contribution in [0, 0.1) is 29.1 Å². The third-order valence-electron chi connectivity index (χ3n) is 5.05. The molecule has 0 bridgehead atoms. The van der Waals surface area contributed by atoms with Crippen molar-refractivity contribution in [2.45, 2.75) is 51.7 Å². The number of hydrogen-bond donors (Lipinski definition) is 0. The van der Waals surface area contributed by atoms with Gasteiger partial charge in [0.2, 0.25) is 5.60 Å². The molecule has 4 atom stereocenters. The molecule has 1 aromatic carbocycles. The maximum absolute atomic E-state index is 12.8. The Morgan fingerprint density at radius 3 is 2.50 bits per heavy atom. The minimum Gasteiger partial charge on any atom is -0.441 e. The van der Waals surface area contributed by atoms with E-state index in [0.717, 1.165) is 18.4 Å². The normalized spacial score (nSPS) is 28.2. The van der Waals surface area contributed by atoms with Crippen molar-refractivity contribution in [2.24, 2.45) is 17.8 Å². The maximum Gasteiger partial charge on any atom is 0.341 e. The summed E-state index contributed by atoms with van der Waals surface area (Å²) in [6.07, 6.45) is 1.75. The van der Waals surface area contributed by atoms with Crippen LogP contribution in [-0.2, 0) is 14.3 Å². The Bertz CT molecular complexity index is 593. The molecule has 0 unspecified atom stereocenters. The number of methoxy groups -OCH3 is 1. The molecule has 1 aromatic rings. The van der Waals surface area contributed by atoms with Crippen LogP contribution in [0.15, 0.2) is 30.3 Å². The van der Waals surface area contributed by atoms with Crippen LogP contribution in [0.2, 0.25) is 0 Å². The van der Waals surface area contributed by atoms with Crippen LogP contribution < -0.4 is 0 Å². The lowest BCUT2D eigenvalue weighted by Crippen LogP contribution is -2.48. The van der Waals surface area contributed by atoms with Crippen molar-refractivity contribution in [3.8, 4) is 6.07 Å². The number of nitrogens with zero attached hydrogens (tertiary/aromatic N) is 1. The van der Waals surface area contributed by atoms with Crippen molar-refractivity contribution in [2.75, 3.05) is 7.11 Å². The second-order valence-electron chi connectivity index (χ2n) is 7.19. The molecule has 0 spiro atoms. The van der Waals surface area contributed by atoms with Crippen LogP contribution in [0.25, 0.3) is 0 Å². The summed E-state index contributed by atoms with van der Waals surface area (Å²) in [5.41, 5.74) is -0.322. The van der Waals surface area contributed by atoms with Gasteiger partial charge in [-0.05, 0) is 23.8 Å². The molecule has 130 valence electrons. The Labute approximate surface area is 144 Å². The maximum atomic E-state index is 12.8. The summed E-state index contributed by atoms with van der Waals surface area (Å²) in [5.74, 6) is 0.216. The van der Waals surface area contributed by atoms with Gasteiger partial charge < -0.3 is 9.47 Å². The van der Waals surface area contributed by atoms with Crippen LogP contribution in [0.5, 0.6) is 0 Å². The van der Waals surface area contributed by atoms with E-state index in [1.807, 2.05) is 30.3 Å². The lowest BCUT2D eigenvalue weighted by atomic mass is 9.67. The standard InChI is InChI=1S/C20H27NO3/c1-14(2)17-11-10-15(3)12-20(17,13-21)24-19(22)18(23-4)16-8-6-5-7-9-16/h5-9,14-15,17-18H,10-12H2,1-4H3/t15-,17+,18+,20+/m1/s1. The lowest BCUT2D eigenvalue weighted by molar-refractivity contribution is -0.178. The second-order valence-corrected chi connectivity index (χ2v) is 7.19. The van der Waals surface area contributed by atoms with Gasteiger partial charge in [-0.3, -0.25) is 0 Å². The molecule has 0 heterocycles. The molecule has 1 aliphatic rings. The number of hydrogen-bond acceptors (Lipinski definition) is 4. The topological polar surface area (TPSA) is 59.3 Å². The van der Waals surface area contributed by atoms with Gasteiger partial charge in [0.25, 0.3) is 0 Å². The van der Waals surface area contributed by atoms with Gasteiger partial charge in [0.1, 0.15) is 6.07 Å².